The highest BCUT2D eigenvalue weighted by Crippen LogP contribution is 2.51. The Morgan fingerprint density at radius 3 is 2.39 bits per heavy atom. The highest BCUT2D eigenvalue weighted by molar-refractivity contribution is 7.99. The first-order valence-corrected chi connectivity index (χ1v) is 10.9. The minimum atomic E-state index is 0.665. The summed E-state index contributed by atoms with van der Waals surface area (Å²) in [7, 11) is 2.18. The molecule has 0 fully saturated rings. The molecule has 0 saturated heterocycles. The molecule has 0 atom stereocenters. The number of benzene rings is 3. The van der Waals surface area contributed by atoms with Crippen molar-refractivity contribution in [3.63, 3.8) is 0 Å². The molecule has 1 aliphatic rings. The fraction of sp³-hybridized carbons (Fsp3) is 0.269. The van der Waals surface area contributed by atoms with E-state index >= 15 is 0 Å². The van der Waals surface area contributed by atoms with E-state index in [1.54, 1.807) is 0 Å². The molecule has 0 spiro atoms. The third-order valence-corrected chi connectivity index (χ3v) is 7.29. The third-order valence-electron chi connectivity index (χ3n) is 6.03. The highest BCUT2D eigenvalue weighted by Gasteiger charge is 2.30. The number of nitrogens with zero attached hydrogens (tertiary/aromatic N) is 1. The van der Waals surface area contributed by atoms with Gasteiger partial charge in [0, 0.05) is 15.9 Å². The van der Waals surface area contributed by atoms with E-state index < -0.39 is 0 Å². The van der Waals surface area contributed by atoms with Gasteiger partial charge in [-0.05, 0) is 65.1 Å². The second-order valence-electron chi connectivity index (χ2n) is 8.53. The van der Waals surface area contributed by atoms with Gasteiger partial charge in [-0.3, -0.25) is 0 Å². The van der Waals surface area contributed by atoms with Crippen LogP contribution in [0.1, 0.15) is 30.5 Å². The van der Waals surface area contributed by atoms with Crippen molar-refractivity contribution < 1.29 is 4.57 Å². The van der Waals surface area contributed by atoms with Crippen LogP contribution >= 0.6 is 11.8 Å². The SMILES string of the molecule is Cc1c2c(c(C)c3ccccc13)-c1c3c(cc(CC(C)C)cc3cc[n+]1C)S2. The van der Waals surface area contributed by atoms with Gasteiger partial charge in [0.2, 0.25) is 5.69 Å². The molecule has 0 unspecified atom stereocenters. The first-order chi connectivity index (χ1) is 13.5. The first-order valence-electron chi connectivity index (χ1n) is 10.1. The Labute approximate surface area is 171 Å². The van der Waals surface area contributed by atoms with Crippen molar-refractivity contribution in [1.82, 2.24) is 0 Å². The van der Waals surface area contributed by atoms with Gasteiger partial charge in [-0.1, -0.05) is 55.9 Å². The molecule has 2 heterocycles. The van der Waals surface area contributed by atoms with Crippen molar-refractivity contribution in [1.29, 1.82) is 0 Å². The van der Waals surface area contributed by atoms with Crippen LogP contribution in [-0.4, -0.2) is 0 Å². The number of hydrogen-bond donors (Lipinski definition) is 0. The number of hydrogen-bond acceptors (Lipinski definition) is 1. The van der Waals surface area contributed by atoms with Crippen LogP contribution in [0, 0.1) is 19.8 Å². The summed E-state index contributed by atoms with van der Waals surface area (Å²) in [4.78, 5) is 2.83. The van der Waals surface area contributed by atoms with Crippen LogP contribution in [0.25, 0.3) is 32.8 Å². The molecule has 0 saturated carbocycles. The molecule has 28 heavy (non-hydrogen) atoms. The largest absolute Gasteiger partial charge is 0.222 e. The summed E-state index contributed by atoms with van der Waals surface area (Å²) in [6.45, 7) is 9.18. The Bertz CT molecular complexity index is 1270. The Morgan fingerprint density at radius 1 is 0.964 bits per heavy atom. The van der Waals surface area contributed by atoms with Gasteiger partial charge >= 0.3 is 0 Å². The van der Waals surface area contributed by atoms with Crippen LogP contribution in [0.4, 0.5) is 0 Å². The zero-order valence-corrected chi connectivity index (χ0v) is 18.1. The third kappa shape index (κ3) is 2.51. The number of aromatic nitrogens is 1. The van der Waals surface area contributed by atoms with Crippen molar-refractivity contribution in [3.05, 3.63) is 65.4 Å². The average Bonchev–Trinajstić information content (AvgIpc) is 2.67. The van der Waals surface area contributed by atoms with Crippen LogP contribution in [-0.2, 0) is 13.5 Å². The topological polar surface area (TPSA) is 3.88 Å². The molecule has 1 aliphatic heterocycles. The van der Waals surface area contributed by atoms with Crippen molar-refractivity contribution in [2.45, 2.75) is 43.9 Å². The fourth-order valence-electron chi connectivity index (χ4n) is 4.77. The van der Waals surface area contributed by atoms with Crippen LogP contribution in [0.15, 0.2) is 58.5 Å². The second kappa shape index (κ2) is 6.35. The zero-order chi connectivity index (χ0) is 19.6. The predicted molar refractivity (Wildman–Crippen MR) is 120 cm³/mol. The maximum absolute atomic E-state index is 2.43. The monoisotopic (exact) mass is 384 g/mol. The number of aryl methyl sites for hydroxylation is 3. The molecule has 0 aliphatic carbocycles. The number of fused-ring (bicyclic) bond motifs is 3. The zero-order valence-electron chi connectivity index (χ0n) is 17.3. The van der Waals surface area contributed by atoms with Gasteiger partial charge in [0.15, 0.2) is 6.20 Å². The van der Waals surface area contributed by atoms with E-state index in [0.717, 1.165) is 6.42 Å². The lowest BCUT2D eigenvalue weighted by atomic mass is 9.91. The number of pyridine rings is 1. The summed E-state index contributed by atoms with van der Waals surface area (Å²) in [5.74, 6) is 0.665. The fourth-order valence-corrected chi connectivity index (χ4v) is 6.13. The van der Waals surface area contributed by atoms with Crippen molar-refractivity contribution in [3.8, 4) is 11.3 Å². The summed E-state index contributed by atoms with van der Waals surface area (Å²) in [6, 6.07) is 16.0. The van der Waals surface area contributed by atoms with E-state index in [0.29, 0.717) is 5.92 Å². The molecule has 140 valence electrons. The summed E-state index contributed by atoms with van der Waals surface area (Å²) in [6.07, 6.45) is 3.35. The Kier molecular flexibility index (Phi) is 4.03. The molecular weight excluding hydrogens is 358 g/mol. The predicted octanol–water partition coefficient (Wildman–Crippen LogP) is 6.76. The lowest BCUT2D eigenvalue weighted by Crippen LogP contribution is -2.32. The maximum atomic E-state index is 2.43. The lowest BCUT2D eigenvalue weighted by molar-refractivity contribution is -0.659. The maximum Gasteiger partial charge on any atom is 0.222 e. The quantitative estimate of drug-likeness (QED) is 0.304. The minimum Gasteiger partial charge on any atom is -0.200 e. The van der Waals surface area contributed by atoms with E-state index in [4.69, 9.17) is 0 Å². The van der Waals surface area contributed by atoms with E-state index in [1.165, 1.54) is 59.3 Å². The van der Waals surface area contributed by atoms with Gasteiger partial charge in [0.05, 0.1) is 10.9 Å². The van der Waals surface area contributed by atoms with Crippen molar-refractivity contribution >= 4 is 33.3 Å². The Balaban J connectivity index is 1.91. The molecule has 4 aromatic rings. The van der Waals surface area contributed by atoms with Gasteiger partial charge in [-0.2, -0.15) is 0 Å². The van der Waals surface area contributed by atoms with E-state index in [1.807, 2.05) is 11.8 Å². The van der Waals surface area contributed by atoms with Gasteiger partial charge in [-0.25, -0.2) is 4.57 Å². The molecule has 0 amide bonds. The van der Waals surface area contributed by atoms with E-state index in [-0.39, 0.29) is 0 Å². The van der Waals surface area contributed by atoms with Crippen LogP contribution in [0.3, 0.4) is 0 Å². The van der Waals surface area contributed by atoms with E-state index in [2.05, 4.69) is 88.0 Å². The van der Waals surface area contributed by atoms with Crippen molar-refractivity contribution in [2.75, 3.05) is 0 Å². The molecule has 0 bridgehead atoms. The Hall–Kier alpha value is -2.32. The van der Waals surface area contributed by atoms with Crippen LogP contribution < -0.4 is 4.57 Å². The van der Waals surface area contributed by atoms with Crippen molar-refractivity contribution in [2.24, 2.45) is 13.0 Å². The average molecular weight is 385 g/mol. The van der Waals surface area contributed by atoms with Gasteiger partial charge in [0.1, 0.15) is 7.05 Å². The molecule has 2 heteroatoms. The van der Waals surface area contributed by atoms with Crippen LogP contribution in [0.5, 0.6) is 0 Å². The summed E-state index contributed by atoms with van der Waals surface area (Å²) in [5.41, 5.74) is 7.02. The highest BCUT2D eigenvalue weighted by atomic mass is 32.2. The van der Waals surface area contributed by atoms with Gasteiger partial charge < -0.3 is 0 Å². The summed E-state index contributed by atoms with van der Waals surface area (Å²) in [5, 5.41) is 5.52. The Morgan fingerprint density at radius 2 is 1.68 bits per heavy atom. The minimum absolute atomic E-state index is 0.665. The molecule has 0 N–H and O–H groups in total. The molecular formula is C26H26NS+. The van der Waals surface area contributed by atoms with Gasteiger partial charge in [-0.15, -0.1) is 0 Å². The molecule has 5 rings (SSSR count). The van der Waals surface area contributed by atoms with Crippen LogP contribution in [0.2, 0.25) is 0 Å². The standard InChI is InChI=1S/C26H26NS/c1-15(2)12-18-13-19-10-11-27(5)25-23-16(3)20-8-6-7-9-21(20)17(4)26(23)28-22(14-18)24(19)25/h6-11,13-15H,12H2,1-5H3/q+1. The second-order valence-corrected chi connectivity index (χ2v) is 9.59. The first kappa shape index (κ1) is 17.8. The van der Waals surface area contributed by atoms with Gasteiger partial charge in [0.25, 0.3) is 0 Å². The molecule has 1 nitrogen and oxygen atoms in total. The number of rotatable bonds is 2. The lowest BCUT2D eigenvalue weighted by Gasteiger charge is -2.24. The summed E-state index contributed by atoms with van der Waals surface area (Å²) >= 11 is 1.97. The summed E-state index contributed by atoms with van der Waals surface area (Å²) < 4.78 is 2.31. The normalized spacial score (nSPS) is 12.8. The molecule has 3 aromatic carbocycles. The molecule has 1 aromatic heterocycles. The smallest absolute Gasteiger partial charge is 0.200 e. The van der Waals surface area contributed by atoms with E-state index in [9.17, 15) is 0 Å². The molecule has 0 radical (unpaired) electrons.